The topological polar surface area (TPSA) is 92.6 Å². The van der Waals surface area contributed by atoms with E-state index in [1.165, 1.54) is 11.1 Å². The van der Waals surface area contributed by atoms with Gasteiger partial charge in [-0.1, -0.05) is 31.4 Å². The molecule has 100 valence electrons. The quantitative estimate of drug-likeness (QED) is 0.733. The molecule has 0 saturated heterocycles. The average Bonchev–Trinajstić information content (AvgIpc) is 2.32. The van der Waals surface area contributed by atoms with Crippen molar-refractivity contribution in [2.24, 2.45) is 11.0 Å². The van der Waals surface area contributed by atoms with Crippen LogP contribution in [0, 0.1) is 0 Å². The molecule has 1 aliphatic carbocycles. The van der Waals surface area contributed by atoms with Gasteiger partial charge in [0, 0.05) is 6.04 Å². The van der Waals surface area contributed by atoms with E-state index < -0.39 is 7.59 Å². The number of nitrogens with two attached hydrogens (primary N) is 2. The molecular formula is C12H20N3O2P. The summed E-state index contributed by atoms with van der Waals surface area (Å²) in [6.45, 7) is 0. The Bertz CT molecular complexity index is 454. The van der Waals surface area contributed by atoms with Crippen molar-refractivity contribution in [3.63, 3.8) is 0 Å². The van der Waals surface area contributed by atoms with E-state index in [9.17, 15) is 9.67 Å². The van der Waals surface area contributed by atoms with Gasteiger partial charge in [0.1, 0.15) is 5.75 Å². The van der Waals surface area contributed by atoms with Gasteiger partial charge in [-0.3, -0.25) is 20.2 Å². The number of hydrogen-bond donors (Lipinski definition) is 3. The Hall–Kier alpha value is -1.03. The van der Waals surface area contributed by atoms with Gasteiger partial charge in [-0.2, -0.15) is 0 Å². The first-order chi connectivity index (χ1) is 8.50. The molecule has 5 nitrogen and oxygen atoms in total. The third-order valence-electron chi connectivity index (χ3n) is 3.39. The zero-order valence-electron chi connectivity index (χ0n) is 10.3. The van der Waals surface area contributed by atoms with Crippen molar-refractivity contribution in [2.45, 2.75) is 38.1 Å². The zero-order valence-corrected chi connectivity index (χ0v) is 11.2. The summed E-state index contributed by atoms with van der Waals surface area (Å²) in [5, 5.41) is 9.90. The normalized spacial score (nSPS) is 17.7. The summed E-state index contributed by atoms with van der Waals surface area (Å²) in [7, 11) is -3.42. The van der Waals surface area contributed by atoms with E-state index in [1.54, 1.807) is 24.3 Å². The molecule has 0 amide bonds. The van der Waals surface area contributed by atoms with Gasteiger partial charge in [0.2, 0.25) is 0 Å². The van der Waals surface area contributed by atoms with E-state index in [2.05, 4.69) is 0 Å². The van der Waals surface area contributed by atoms with E-state index in [4.69, 9.17) is 11.0 Å². The van der Waals surface area contributed by atoms with Crippen molar-refractivity contribution >= 4 is 13.3 Å². The van der Waals surface area contributed by atoms with E-state index in [1.807, 2.05) is 0 Å². The van der Waals surface area contributed by atoms with Gasteiger partial charge >= 0.3 is 7.59 Å². The first kappa shape index (κ1) is 13.4. The summed E-state index contributed by atoms with van der Waals surface area (Å²) in [5.41, 5.74) is 11.8. The molecular weight excluding hydrogens is 249 g/mol. The number of rotatable bonds is 3. The van der Waals surface area contributed by atoms with Gasteiger partial charge < -0.3 is 5.11 Å². The molecule has 0 aliphatic heterocycles. The molecule has 18 heavy (non-hydrogen) atoms. The van der Waals surface area contributed by atoms with Crippen LogP contribution in [0.25, 0.3) is 0 Å². The van der Waals surface area contributed by atoms with Crippen LogP contribution in [0.4, 0.5) is 5.69 Å². The number of aromatic hydroxyl groups is 1. The Balaban J connectivity index is 2.37. The second-order valence-corrected chi connectivity index (χ2v) is 6.57. The number of anilines is 1. The lowest BCUT2D eigenvalue weighted by Crippen LogP contribution is -2.39. The van der Waals surface area contributed by atoms with E-state index in [-0.39, 0.29) is 11.8 Å². The minimum absolute atomic E-state index is 0.0490. The number of hydrogen-bond acceptors (Lipinski definition) is 2. The van der Waals surface area contributed by atoms with Crippen LogP contribution in [-0.2, 0) is 4.57 Å². The fraction of sp³-hybridized carbons (Fsp3) is 0.500. The van der Waals surface area contributed by atoms with Crippen LogP contribution in [-0.4, -0.2) is 11.1 Å². The Morgan fingerprint density at radius 3 is 2.33 bits per heavy atom. The van der Waals surface area contributed by atoms with Gasteiger partial charge in [-0.15, -0.1) is 0 Å². The largest absolute Gasteiger partial charge is 0.506 e. The summed E-state index contributed by atoms with van der Waals surface area (Å²) in [5.74, 6) is 0.0687. The van der Waals surface area contributed by atoms with Gasteiger partial charge in [0.25, 0.3) is 0 Å². The third kappa shape index (κ3) is 2.86. The van der Waals surface area contributed by atoms with E-state index >= 15 is 0 Å². The van der Waals surface area contributed by atoms with Crippen LogP contribution in [0.1, 0.15) is 32.1 Å². The van der Waals surface area contributed by atoms with Crippen LogP contribution in [0.3, 0.4) is 0 Å². The molecule has 1 saturated carbocycles. The predicted octanol–water partition coefficient (Wildman–Crippen LogP) is 2.56. The highest BCUT2D eigenvalue weighted by atomic mass is 31.2. The van der Waals surface area contributed by atoms with Crippen LogP contribution >= 0.6 is 7.59 Å². The Morgan fingerprint density at radius 2 is 1.78 bits per heavy atom. The van der Waals surface area contributed by atoms with Crippen LogP contribution in [0.2, 0.25) is 0 Å². The molecule has 6 heteroatoms. The number of nitrogens with zero attached hydrogens (tertiary/aromatic N) is 1. The van der Waals surface area contributed by atoms with Crippen LogP contribution in [0.5, 0.6) is 5.75 Å². The Morgan fingerprint density at radius 1 is 1.17 bits per heavy atom. The van der Waals surface area contributed by atoms with Crippen molar-refractivity contribution in [2.75, 3.05) is 4.67 Å². The highest BCUT2D eigenvalue weighted by molar-refractivity contribution is 7.60. The van der Waals surface area contributed by atoms with Crippen molar-refractivity contribution in [1.82, 2.24) is 0 Å². The lowest BCUT2D eigenvalue weighted by atomic mass is 9.95. The summed E-state index contributed by atoms with van der Waals surface area (Å²) in [4.78, 5) is 0. The van der Waals surface area contributed by atoms with Crippen LogP contribution < -0.4 is 15.7 Å². The highest BCUT2D eigenvalue weighted by Crippen LogP contribution is 2.46. The summed E-state index contributed by atoms with van der Waals surface area (Å²) < 4.78 is 13.7. The summed E-state index contributed by atoms with van der Waals surface area (Å²) >= 11 is 0. The van der Waals surface area contributed by atoms with Crippen molar-refractivity contribution in [1.29, 1.82) is 0 Å². The predicted molar refractivity (Wildman–Crippen MR) is 73.4 cm³/mol. The number of phenols is 1. The maximum Gasteiger partial charge on any atom is 0.301 e. The first-order valence-electron chi connectivity index (χ1n) is 6.25. The van der Waals surface area contributed by atoms with Crippen molar-refractivity contribution < 1.29 is 9.67 Å². The zero-order chi connectivity index (χ0) is 13.2. The minimum Gasteiger partial charge on any atom is -0.506 e. The molecule has 1 fully saturated rings. The molecule has 0 spiro atoms. The van der Waals surface area contributed by atoms with Gasteiger partial charge in [-0.05, 0) is 25.0 Å². The highest BCUT2D eigenvalue weighted by Gasteiger charge is 2.32. The van der Waals surface area contributed by atoms with Gasteiger partial charge in [0.15, 0.2) is 0 Å². The summed E-state index contributed by atoms with van der Waals surface area (Å²) in [6, 6.07) is 6.81. The second-order valence-electron chi connectivity index (χ2n) is 4.80. The maximum absolute atomic E-state index is 12.1. The molecule has 0 bridgehead atoms. The Labute approximate surface area is 107 Å². The molecule has 2 rings (SSSR count). The Kier molecular flexibility index (Phi) is 3.95. The van der Waals surface area contributed by atoms with Crippen molar-refractivity contribution in [3.05, 3.63) is 24.3 Å². The molecule has 1 aromatic carbocycles. The van der Waals surface area contributed by atoms with Crippen molar-refractivity contribution in [3.8, 4) is 5.75 Å². The fourth-order valence-corrected chi connectivity index (χ4v) is 3.85. The second kappa shape index (κ2) is 5.31. The SMILES string of the molecule is NP(N)(=O)N(c1ccccc1O)C1CCCCC1. The monoisotopic (exact) mass is 269 g/mol. The minimum atomic E-state index is -3.42. The molecule has 1 aliphatic rings. The van der Waals surface area contributed by atoms with Gasteiger partial charge in [0.05, 0.1) is 5.69 Å². The molecule has 0 aromatic heterocycles. The van der Waals surface area contributed by atoms with E-state index in [0.29, 0.717) is 5.69 Å². The standard InChI is InChI=1S/C12H20N3O2P/c13-18(14,17)15(10-6-2-1-3-7-10)11-8-4-5-9-12(11)16/h4-5,8-10,16H,1-3,6-7H2,(H4,13,14,17). The molecule has 1 aromatic rings. The average molecular weight is 269 g/mol. The molecule has 5 N–H and O–H groups in total. The maximum atomic E-state index is 12.1. The molecule has 0 heterocycles. The number of phenolic OH excluding ortho intramolecular Hbond substituents is 1. The smallest absolute Gasteiger partial charge is 0.301 e. The molecule has 0 radical (unpaired) electrons. The third-order valence-corrected chi connectivity index (χ3v) is 4.60. The first-order valence-corrected chi connectivity index (χ1v) is 8.05. The number of benzene rings is 1. The molecule has 0 atom stereocenters. The van der Waals surface area contributed by atoms with Crippen LogP contribution in [0.15, 0.2) is 24.3 Å². The lowest BCUT2D eigenvalue weighted by Gasteiger charge is -2.37. The fourth-order valence-electron chi connectivity index (χ4n) is 2.60. The summed E-state index contributed by atoms with van der Waals surface area (Å²) in [6.07, 6.45) is 5.16. The molecule has 0 unspecified atom stereocenters. The van der Waals surface area contributed by atoms with E-state index in [0.717, 1.165) is 25.7 Å². The number of para-hydroxylation sites is 2. The van der Waals surface area contributed by atoms with Gasteiger partial charge in [-0.25, -0.2) is 0 Å². The lowest BCUT2D eigenvalue weighted by molar-refractivity contribution is 0.430.